The van der Waals surface area contributed by atoms with Crippen molar-refractivity contribution in [3.05, 3.63) is 29.1 Å². The average molecular weight is 377 g/mol. The SMILES string of the molecule is CCCc1cc2c(cc1F)OC(CCCOC1CCC(CCC)CC1)CC2. The summed E-state index contributed by atoms with van der Waals surface area (Å²) in [6.07, 6.45) is 14.4. The predicted octanol–water partition coefficient (Wildman–Crippen LogP) is 6.63. The summed E-state index contributed by atoms with van der Waals surface area (Å²) < 4.78 is 26.4. The van der Waals surface area contributed by atoms with E-state index in [0.717, 1.165) is 62.4 Å². The molecule has 2 nitrogen and oxygen atoms in total. The van der Waals surface area contributed by atoms with Gasteiger partial charge in [-0.3, -0.25) is 0 Å². The first-order valence-corrected chi connectivity index (χ1v) is 11.3. The van der Waals surface area contributed by atoms with E-state index in [4.69, 9.17) is 9.47 Å². The molecule has 27 heavy (non-hydrogen) atoms. The van der Waals surface area contributed by atoms with Gasteiger partial charge in [0.05, 0.1) is 12.2 Å². The minimum Gasteiger partial charge on any atom is -0.490 e. The molecule has 0 saturated heterocycles. The second-order valence-corrected chi connectivity index (χ2v) is 8.52. The summed E-state index contributed by atoms with van der Waals surface area (Å²) in [5.41, 5.74) is 2.01. The van der Waals surface area contributed by atoms with Crippen molar-refractivity contribution in [1.29, 1.82) is 0 Å². The number of rotatable bonds is 9. The Balaban J connectivity index is 1.36. The monoisotopic (exact) mass is 376 g/mol. The van der Waals surface area contributed by atoms with Crippen molar-refractivity contribution in [3.63, 3.8) is 0 Å². The second-order valence-electron chi connectivity index (χ2n) is 8.52. The zero-order chi connectivity index (χ0) is 19.1. The number of ether oxygens (including phenoxy) is 2. The van der Waals surface area contributed by atoms with Crippen LogP contribution in [0.1, 0.15) is 89.2 Å². The van der Waals surface area contributed by atoms with E-state index >= 15 is 0 Å². The predicted molar refractivity (Wildman–Crippen MR) is 109 cm³/mol. The molecule has 1 heterocycles. The molecule has 1 aromatic rings. The van der Waals surface area contributed by atoms with E-state index in [1.54, 1.807) is 6.07 Å². The second kappa shape index (κ2) is 10.5. The normalized spacial score (nSPS) is 25.1. The molecule has 0 N–H and O–H groups in total. The quantitative estimate of drug-likeness (QED) is 0.450. The number of hydrogen-bond donors (Lipinski definition) is 0. The van der Waals surface area contributed by atoms with Gasteiger partial charge in [-0.1, -0.05) is 33.1 Å². The highest BCUT2D eigenvalue weighted by atomic mass is 19.1. The highest BCUT2D eigenvalue weighted by Crippen LogP contribution is 2.32. The molecule has 152 valence electrons. The largest absolute Gasteiger partial charge is 0.490 e. The molecule has 0 aromatic heterocycles. The first kappa shape index (κ1) is 20.6. The fourth-order valence-corrected chi connectivity index (χ4v) is 4.73. The summed E-state index contributed by atoms with van der Waals surface area (Å²) in [6, 6.07) is 3.63. The Morgan fingerprint density at radius 3 is 2.59 bits per heavy atom. The van der Waals surface area contributed by atoms with Crippen molar-refractivity contribution in [2.24, 2.45) is 5.92 Å². The Hall–Kier alpha value is -1.09. The van der Waals surface area contributed by atoms with E-state index in [9.17, 15) is 4.39 Å². The van der Waals surface area contributed by atoms with Crippen molar-refractivity contribution in [2.75, 3.05) is 6.61 Å². The number of halogens is 1. The van der Waals surface area contributed by atoms with Crippen LogP contribution in [0.3, 0.4) is 0 Å². The summed E-state index contributed by atoms with van der Waals surface area (Å²) in [4.78, 5) is 0. The number of benzene rings is 1. The Morgan fingerprint density at radius 2 is 1.85 bits per heavy atom. The molecular weight excluding hydrogens is 339 g/mol. The third-order valence-electron chi connectivity index (χ3n) is 6.29. The van der Waals surface area contributed by atoms with E-state index in [2.05, 4.69) is 13.8 Å². The van der Waals surface area contributed by atoms with Gasteiger partial charge in [0.15, 0.2) is 0 Å². The van der Waals surface area contributed by atoms with Gasteiger partial charge in [0, 0.05) is 12.7 Å². The van der Waals surface area contributed by atoms with Gasteiger partial charge in [-0.15, -0.1) is 0 Å². The Labute approximate surface area is 164 Å². The molecule has 3 heteroatoms. The van der Waals surface area contributed by atoms with Crippen molar-refractivity contribution >= 4 is 0 Å². The Morgan fingerprint density at radius 1 is 1.04 bits per heavy atom. The van der Waals surface area contributed by atoms with Crippen LogP contribution >= 0.6 is 0 Å². The molecule has 2 aliphatic rings. The smallest absolute Gasteiger partial charge is 0.130 e. The molecule has 1 aliphatic carbocycles. The first-order valence-electron chi connectivity index (χ1n) is 11.3. The topological polar surface area (TPSA) is 18.5 Å². The lowest BCUT2D eigenvalue weighted by atomic mass is 9.85. The van der Waals surface area contributed by atoms with Gasteiger partial charge in [-0.2, -0.15) is 0 Å². The van der Waals surface area contributed by atoms with Crippen LogP contribution in [-0.2, 0) is 17.6 Å². The molecule has 1 fully saturated rings. The van der Waals surface area contributed by atoms with Gasteiger partial charge in [0.1, 0.15) is 11.6 Å². The molecule has 1 aliphatic heterocycles. The van der Waals surface area contributed by atoms with Crippen LogP contribution in [0.5, 0.6) is 5.75 Å². The molecular formula is C24H37FO2. The number of fused-ring (bicyclic) bond motifs is 1. The molecule has 0 bridgehead atoms. The first-order chi connectivity index (χ1) is 13.2. The maximum Gasteiger partial charge on any atom is 0.130 e. The summed E-state index contributed by atoms with van der Waals surface area (Å²) in [7, 11) is 0. The van der Waals surface area contributed by atoms with Crippen molar-refractivity contribution in [1.82, 2.24) is 0 Å². The maximum absolute atomic E-state index is 14.2. The van der Waals surface area contributed by atoms with Crippen LogP contribution in [0.15, 0.2) is 12.1 Å². The highest BCUT2D eigenvalue weighted by Gasteiger charge is 2.23. The Kier molecular flexibility index (Phi) is 7.99. The summed E-state index contributed by atoms with van der Waals surface area (Å²) >= 11 is 0. The van der Waals surface area contributed by atoms with Gasteiger partial charge < -0.3 is 9.47 Å². The molecule has 1 saturated carbocycles. The van der Waals surface area contributed by atoms with E-state index in [0.29, 0.717) is 6.10 Å². The summed E-state index contributed by atoms with van der Waals surface area (Å²) in [6.45, 7) is 5.21. The lowest BCUT2D eigenvalue weighted by Gasteiger charge is -2.29. The standard InChI is InChI=1S/C24H37FO2/c1-3-6-18-9-12-21(13-10-18)26-15-5-8-22-14-11-20-16-19(7-4-2)23(25)17-24(20)27-22/h16-18,21-22H,3-15H2,1-2H3. The van der Waals surface area contributed by atoms with Crippen LogP contribution in [0, 0.1) is 11.7 Å². The van der Waals surface area contributed by atoms with Crippen molar-refractivity contribution in [3.8, 4) is 5.75 Å². The van der Waals surface area contributed by atoms with E-state index in [1.165, 1.54) is 44.1 Å². The summed E-state index contributed by atoms with van der Waals surface area (Å²) in [5, 5.41) is 0. The lowest BCUT2D eigenvalue weighted by Crippen LogP contribution is -2.25. The third-order valence-corrected chi connectivity index (χ3v) is 6.29. The Bertz CT molecular complexity index is 578. The zero-order valence-electron chi connectivity index (χ0n) is 17.3. The van der Waals surface area contributed by atoms with Gasteiger partial charge in [0.2, 0.25) is 0 Å². The van der Waals surface area contributed by atoms with Crippen LogP contribution in [-0.4, -0.2) is 18.8 Å². The zero-order valence-corrected chi connectivity index (χ0v) is 17.3. The third kappa shape index (κ3) is 5.94. The minimum atomic E-state index is -0.113. The average Bonchev–Trinajstić information content (AvgIpc) is 2.67. The lowest BCUT2D eigenvalue weighted by molar-refractivity contribution is 0.0113. The molecule has 0 amide bonds. The molecule has 3 rings (SSSR count). The van der Waals surface area contributed by atoms with Gasteiger partial charge in [-0.25, -0.2) is 4.39 Å². The van der Waals surface area contributed by atoms with Gasteiger partial charge in [-0.05, 0) is 80.9 Å². The minimum absolute atomic E-state index is 0.113. The van der Waals surface area contributed by atoms with E-state index in [-0.39, 0.29) is 11.9 Å². The van der Waals surface area contributed by atoms with Crippen LogP contribution < -0.4 is 4.74 Å². The van der Waals surface area contributed by atoms with Crippen LogP contribution in [0.2, 0.25) is 0 Å². The number of hydrogen-bond acceptors (Lipinski definition) is 2. The van der Waals surface area contributed by atoms with Crippen LogP contribution in [0.25, 0.3) is 0 Å². The summed E-state index contributed by atoms with van der Waals surface area (Å²) in [5.74, 6) is 1.58. The van der Waals surface area contributed by atoms with E-state index in [1.807, 2.05) is 6.07 Å². The van der Waals surface area contributed by atoms with Crippen LogP contribution in [0.4, 0.5) is 4.39 Å². The molecule has 1 atom stereocenters. The molecule has 0 spiro atoms. The number of aryl methyl sites for hydroxylation is 2. The maximum atomic E-state index is 14.2. The molecule has 1 unspecified atom stereocenters. The van der Waals surface area contributed by atoms with Crippen molar-refractivity contribution in [2.45, 2.75) is 103 Å². The van der Waals surface area contributed by atoms with Gasteiger partial charge in [0.25, 0.3) is 0 Å². The van der Waals surface area contributed by atoms with Gasteiger partial charge >= 0.3 is 0 Å². The molecule has 0 radical (unpaired) electrons. The fraction of sp³-hybridized carbons (Fsp3) is 0.750. The fourth-order valence-electron chi connectivity index (χ4n) is 4.73. The molecule has 1 aromatic carbocycles. The van der Waals surface area contributed by atoms with E-state index < -0.39 is 0 Å². The highest BCUT2D eigenvalue weighted by molar-refractivity contribution is 5.40. The van der Waals surface area contributed by atoms with Crippen molar-refractivity contribution < 1.29 is 13.9 Å².